The lowest BCUT2D eigenvalue weighted by Gasteiger charge is -2.27. The summed E-state index contributed by atoms with van der Waals surface area (Å²) in [6.45, 7) is 18.6. The first-order valence-corrected chi connectivity index (χ1v) is 21.0. The van der Waals surface area contributed by atoms with Crippen LogP contribution in [0.2, 0.25) is 0 Å². The highest BCUT2D eigenvalue weighted by Gasteiger charge is 2.26. The number of benzene rings is 9. The van der Waals surface area contributed by atoms with Crippen LogP contribution in [0.3, 0.4) is 0 Å². The Morgan fingerprint density at radius 2 is 0.627 bits per heavy atom. The normalized spacial score (nSPS) is 11.7. The summed E-state index contributed by atoms with van der Waals surface area (Å²) >= 11 is 0. The van der Waals surface area contributed by atoms with Crippen molar-refractivity contribution < 1.29 is 0 Å². The molecule has 1 heterocycles. The first kappa shape index (κ1) is 36.6. The van der Waals surface area contributed by atoms with Gasteiger partial charge < -0.3 is 4.57 Å². The minimum absolute atomic E-state index is 1.18. The quantitative estimate of drug-likeness (QED) is 0.154. The standard InChI is InChI=1S/C58H49N/c1-34-36(3)40(7)55-53(38(34)5)57(45-27-23-43(24-28-45)42-17-11-9-12-18-42)54-39(6)35(2)37(4)41(8)56(54)58(55)46-29-25-44(26-30-46)47-31-32-52-50(33-47)49-21-15-16-22-51(49)59(52)48-19-13-10-14-20-48/h9-33H,1-8H3. The molecule has 0 atom stereocenters. The van der Waals surface area contributed by atoms with Crippen LogP contribution in [0.15, 0.2) is 152 Å². The average Bonchev–Trinajstić information content (AvgIpc) is 3.62. The molecule has 0 amide bonds. The maximum Gasteiger partial charge on any atom is 0.0541 e. The maximum atomic E-state index is 2.39. The Kier molecular flexibility index (Phi) is 8.69. The van der Waals surface area contributed by atoms with Crippen molar-refractivity contribution in [2.45, 2.75) is 55.4 Å². The Hall–Kier alpha value is -6.70. The number of hydrogen-bond donors (Lipinski definition) is 0. The van der Waals surface area contributed by atoms with Crippen molar-refractivity contribution in [2.24, 2.45) is 0 Å². The molecule has 1 aromatic heterocycles. The van der Waals surface area contributed by atoms with E-state index in [0.717, 1.165) is 0 Å². The van der Waals surface area contributed by atoms with E-state index in [9.17, 15) is 0 Å². The van der Waals surface area contributed by atoms with E-state index in [1.54, 1.807) is 0 Å². The van der Waals surface area contributed by atoms with E-state index in [0.29, 0.717) is 0 Å². The minimum Gasteiger partial charge on any atom is -0.309 e. The van der Waals surface area contributed by atoms with Gasteiger partial charge in [-0.05, 0) is 196 Å². The van der Waals surface area contributed by atoms with Gasteiger partial charge in [0.15, 0.2) is 0 Å². The van der Waals surface area contributed by atoms with Gasteiger partial charge in [0.2, 0.25) is 0 Å². The molecule has 0 bridgehead atoms. The molecule has 0 spiro atoms. The summed E-state index contributed by atoms with van der Waals surface area (Å²) in [5.41, 5.74) is 24.7. The number of aryl methyl sites for hydroxylation is 4. The smallest absolute Gasteiger partial charge is 0.0541 e. The van der Waals surface area contributed by atoms with Crippen LogP contribution in [0.5, 0.6) is 0 Å². The fraction of sp³-hybridized carbons (Fsp3) is 0.138. The van der Waals surface area contributed by atoms with E-state index in [4.69, 9.17) is 0 Å². The monoisotopic (exact) mass is 759 g/mol. The number of hydrogen-bond acceptors (Lipinski definition) is 0. The molecule has 1 heteroatoms. The molecular formula is C58H49N. The van der Waals surface area contributed by atoms with Gasteiger partial charge in [0.05, 0.1) is 11.0 Å². The SMILES string of the molecule is Cc1c(C)c(C)c2c(-c3ccc(-c4ccc5c(c4)c4ccccc4n5-c4ccccc4)cc3)c3c(C)c(C)c(C)c(C)c3c(-c3ccc(-c4ccccc4)cc3)c2c1C. The summed E-state index contributed by atoms with van der Waals surface area (Å²) in [5.74, 6) is 0. The van der Waals surface area contributed by atoms with Crippen LogP contribution < -0.4 is 0 Å². The number of aromatic nitrogens is 1. The summed E-state index contributed by atoms with van der Waals surface area (Å²) in [6.07, 6.45) is 0. The number of nitrogens with zero attached hydrogens (tertiary/aromatic N) is 1. The van der Waals surface area contributed by atoms with Crippen LogP contribution in [-0.4, -0.2) is 4.57 Å². The second kappa shape index (κ2) is 14.0. The highest BCUT2D eigenvalue weighted by Crippen LogP contribution is 2.51. The summed E-state index contributed by atoms with van der Waals surface area (Å²) < 4.78 is 2.39. The predicted octanol–water partition coefficient (Wildman–Crippen LogP) is 16.2. The van der Waals surface area contributed by atoms with Crippen molar-refractivity contribution in [3.05, 3.63) is 196 Å². The maximum absolute atomic E-state index is 2.39. The van der Waals surface area contributed by atoms with E-state index in [1.807, 2.05) is 0 Å². The Balaban J connectivity index is 1.21. The predicted molar refractivity (Wildman–Crippen MR) is 255 cm³/mol. The van der Waals surface area contributed by atoms with Gasteiger partial charge in [0.1, 0.15) is 0 Å². The second-order valence-electron chi connectivity index (χ2n) is 16.7. The molecule has 286 valence electrons. The van der Waals surface area contributed by atoms with E-state index < -0.39 is 0 Å². The first-order chi connectivity index (χ1) is 28.6. The van der Waals surface area contributed by atoms with Gasteiger partial charge in [-0.3, -0.25) is 0 Å². The lowest BCUT2D eigenvalue weighted by Crippen LogP contribution is -2.03. The van der Waals surface area contributed by atoms with Gasteiger partial charge in [-0.2, -0.15) is 0 Å². The van der Waals surface area contributed by atoms with Gasteiger partial charge >= 0.3 is 0 Å². The van der Waals surface area contributed by atoms with Crippen LogP contribution in [-0.2, 0) is 0 Å². The van der Waals surface area contributed by atoms with Gasteiger partial charge in [0.25, 0.3) is 0 Å². The third kappa shape index (κ3) is 5.59. The molecule has 0 radical (unpaired) electrons. The number of rotatable bonds is 5. The Morgan fingerprint density at radius 1 is 0.271 bits per heavy atom. The van der Waals surface area contributed by atoms with E-state index in [1.165, 1.54) is 138 Å². The van der Waals surface area contributed by atoms with E-state index in [2.05, 4.69) is 212 Å². The first-order valence-electron chi connectivity index (χ1n) is 21.0. The molecule has 0 unspecified atom stereocenters. The van der Waals surface area contributed by atoms with Crippen LogP contribution >= 0.6 is 0 Å². The van der Waals surface area contributed by atoms with Crippen LogP contribution in [0, 0.1) is 55.4 Å². The van der Waals surface area contributed by atoms with Gasteiger partial charge in [0, 0.05) is 16.5 Å². The van der Waals surface area contributed by atoms with Crippen LogP contribution in [0.25, 0.3) is 93.5 Å². The molecular weight excluding hydrogens is 711 g/mol. The van der Waals surface area contributed by atoms with Crippen molar-refractivity contribution in [1.29, 1.82) is 0 Å². The molecule has 9 aromatic carbocycles. The molecule has 10 rings (SSSR count). The Bertz CT molecular complexity index is 3210. The lowest BCUT2D eigenvalue weighted by atomic mass is 9.76. The molecule has 1 nitrogen and oxygen atoms in total. The van der Waals surface area contributed by atoms with Crippen molar-refractivity contribution in [3.8, 4) is 50.2 Å². The molecule has 59 heavy (non-hydrogen) atoms. The summed E-state index contributed by atoms with van der Waals surface area (Å²) in [5, 5.41) is 8.02. The minimum atomic E-state index is 1.18. The fourth-order valence-corrected chi connectivity index (χ4v) is 10.00. The molecule has 0 aliphatic rings. The van der Waals surface area contributed by atoms with Crippen LogP contribution in [0.4, 0.5) is 0 Å². The largest absolute Gasteiger partial charge is 0.309 e. The summed E-state index contributed by atoms with van der Waals surface area (Å²) in [6, 6.07) is 55.9. The van der Waals surface area contributed by atoms with Crippen molar-refractivity contribution in [3.63, 3.8) is 0 Å². The number of fused-ring (bicyclic) bond motifs is 5. The van der Waals surface area contributed by atoms with Crippen LogP contribution in [0.1, 0.15) is 44.5 Å². The molecule has 0 fully saturated rings. The topological polar surface area (TPSA) is 4.93 Å². The summed E-state index contributed by atoms with van der Waals surface area (Å²) in [7, 11) is 0. The highest BCUT2D eigenvalue weighted by molar-refractivity contribution is 6.25. The van der Waals surface area contributed by atoms with Crippen molar-refractivity contribution >= 4 is 43.4 Å². The zero-order chi connectivity index (χ0) is 40.7. The molecule has 0 saturated carbocycles. The van der Waals surface area contributed by atoms with Gasteiger partial charge in [-0.25, -0.2) is 0 Å². The Labute approximate surface area is 348 Å². The van der Waals surface area contributed by atoms with E-state index in [-0.39, 0.29) is 0 Å². The van der Waals surface area contributed by atoms with Crippen molar-refractivity contribution in [1.82, 2.24) is 4.57 Å². The molecule has 0 saturated heterocycles. The van der Waals surface area contributed by atoms with E-state index >= 15 is 0 Å². The molecule has 0 aliphatic carbocycles. The molecule has 0 N–H and O–H groups in total. The third-order valence-electron chi connectivity index (χ3n) is 13.8. The fourth-order valence-electron chi connectivity index (χ4n) is 10.00. The number of para-hydroxylation sites is 2. The lowest BCUT2D eigenvalue weighted by molar-refractivity contribution is 1.18. The Morgan fingerprint density at radius 3 is 1.12 bits per heavy atom. The zero-order valence-corrected chi connectivity index (χ0v) is 35.4. The zero-order valence-electron chi connectivity index (χ0n) is 35.4. The summed E-state index contributed by atoms with van der Waals surface area (Å²) in [4.78, 5) is 0. The average molecular weight is 760 g/mol. The van der Waals surface area contributed by atoms with Crippen molar-refractivity contribution in [2.75, 3.05) is 0 Å². The highest BCUT2D eigenvalue weighted by atomic mass is 15.0. The van der Waals surface area contributed by atoms with Gasteiger partial charge in [-0.1, -0.05) is 121 Å². The van der Waals surface area contributed by atoms with Gasteiger partial charge in [-0.15, -0.1) is 0 Å². The second-order valence-corrected chi connectivity index (χ2v) is 16.7. The third-order valence-corrected chi connectivity index (χ3v) is 13.8. The molecule has 0 aliphatic heterocycles. The molecule has 10 aromatic rings.